The number of hydrogen-bond acceptors (Lipinski definition) is 3. The minimum atomic E-state index is -0.468. The maximum absolute atomic E-state index is 10.0. The molecule has 0 saturated heterocycles. The molecular formula is C3H3NO2S. The van der Waals surface area contributed by atoms with Crippen molar-refractivity contribution in [2.75, 3.05) is 0 Å². The van der Waals surface area contributed by atoms with E-state index in [2.05, 4.69) is 22.0 Å². The molecule has 1 aromatic heterocycles. The first-order valence-corrected chi connectivity index (χ1v) is 2.10. The zero-order chi connectivity index (χ0) is 5.28. The molecule has 0 spiro atoms. The van der Waals surface area contributed by atoms with Gasteiger partial charge in [-0.15, -0.1) is 12.6 Å². The highest BCUT2D eigenvalue weighted by molar-refractivity contribution is 7.80. The predicted molar refractivity (Wildman–Crippen MR) is 26.6 cm³/mol. The molecule has 0 aliphatic rings. The van der Waals surface area contributed by atoms with Crippen LogP contribution in [0.5, 0.6) is 0 Å². The van der Waals surface area contributed by atoms with Crippen molar-refractivity contribution in [1.82, 2.24) is 4.98 Å². The monoisotopic (exact) mass is 117 g/mol. The first-order valence-electron chi connectivity index (χ1n) is 1.66. The van der Waals surface area contributed by atoms with E-state index >= 15 is 0 Å². The van der Waals surface area contributed by atoms with Gasteiger partial charge in [-0.3, -0.25) is 4.98 Å². The van der Waals surface area contributed by atoms with Crippen LogP contribution in [0.4, 0.5) is 0 Å². The molecule has 38 valence electrons. The van der Waals surface area contributed by atoms with E-state index in [0.29, 0.717) is 5.03 Å². The normalized spacial score (nSPS) is 9.29. The largest absolute Gasteiger partial charge is 0.417 e. The topological polar surface area (TPSA) is 46.0 Å². The number of rotatable bonds is 0. The summed E-state index contributed by atoms with van der Waals surface area (Å²) in [7, 11) is 0. The first kappa shape index (κ1) is 4.52. The lowest BCUT2D eigenvalue weighted by Crippen LogP contribution is -1.93. The van der Waals surface area contributed by atoms with Crippen LogP contribution >= 0.6 is 12.6 Å². The molecule has 4 heteroatoms. The fraction of sp³-hybridized carbons (Fsp3) is 0. The molecule has 0 radical (unpaired) electrons. The Morgan fingerprint density at radius 3 is 2.71 bits per heavy atom. The van der Waals surface area contributed by atoms with Gasteiger partial charge in [0.05, 0.1) is 0 Å². The zero-order valence-electron chi connectivity index (χ0n) is 3.34. The second-order valence-corrected chi connectivity index (χ2v) is 1.52. The molecule has 1 aromatic rings. The smallest absolute Gasteiger partial charge is 0.415 e. The Balaban J connectivity index is 3.30. The highest BCUT2D eigenvalue weighted by Crippen LogP contribution is 1.92. The van der Waals surface area contributed by atoms with Gasteiger partial charge in [-0.25, -0.2) is 4.79 Å². The van der Waals surface area contributed by atoms with Crippen molar-refractivity contribution in [3.8, 4) is 0 Å². The highest BCUT2D eigenvalue weighted by atomic mass is 32.1. The van der Waals surface area contributed by atoms with E-state index in [1.807, 2.05) is 0 Å². The van der Waals surface area contributed by atoms with Crippen LogP contribution in [0, 0.1) is 0 Å². The van der Waals surface area contributed by atoms with Gasteiger partial charge in [0.1, 0.15) is 11.3 Å². The molecule has 0 saturated carbocycles. The van der Waals surface area contributed by atoms with Crippen molar-refractivity contribution in [2.24, 2.45) is 0 Å². The van der Waals surface area contributed by atoms with Crippen LogP contribution in [0.2, 0.25) is 0 Å². The summed E-state index contributed by atoms with van der Waals surface area (Å²) in [6, 6.07) is 0. The van der Waals surface area contributed by atoms with E-state index in [1.165, 1.54) is 6.26 Å². The molecule has 1 N–H and O–H groups in total. The summed E-state index contributed by atoms with van der Waals surface area (Å²) in [6.07, 6.45) is 1.24. The molecule has 0 aliphatic heterocycles. The Bertz CT molecular complexity index is 201. The van der Waals surface area contributed by atoms with Crippen molar-refractivity contribution < 1.29 is 4.42 Å². The van der Waals surface area contributed by atoms with E-state index in [4.69, 9.17) is 0 Å². The van der Waals surface area contributed by atoms with Crippen LogP contribution < -0.4 is 5.76 Å². The van der Waals surface area contributed by atoms with Crippen molar-refractivity contribution in [2.45, 2.75) is 5.03 Å². The summed E-state index contributed by atoms with van der Waals surface area (Å²) in [4.78, 5) is 12.3. The van der Waals surface area contributed by atoms with Crippen molar-refractivity contribution >= 4 is 12.6 Å². The average Bonchev–Trinajstić information content (AvgIpc) is 1.87. The quantitative estimate of drug-likeness (QED) is 0.479. The minimum absolute atomic E-state index is 0.449. The number of H-pyrrole nitrogens is 1. The van der Waals surface area contributed by atoms with Gasteiger partial charge in [-0.2, -0.15) is 0 Å². The van der Waals surface area contributed by atoms with E-state index in [0.717, 1.165) is 0 Å². The Kier molecular flexibility index (Phi) is 0.941. The molecule has 0 atom stereocenters. The van der Waals surface area contributed by atoms with Crippen molar-refractivity contribution in [3.05, 3.63) is 16.8 Å². The fourth-order valence-electron chi connectivity index (χ4n) is 0.273. The fourth-order valence-corrected chi connectivity index (χ4v) is 0.417. The molecule has 1 rings (SSSR count). The van der Waals surface area contributed by atoms with Gasteiger partial charge in [0.2, 0.25) is 0 Å². The van der Waals surface area contributed by atoms with E-state index in [9.17, 15) is 4.79 Å². The van der Waals surface area contributed by atoms with Gasteiger partial charge in [0, 0.05) is 0 Å². The molecule has 0 aliphatic carbocycles. The molecular weight excluding hydrogens is 114 g/mol. The zero-order valence-corrected chi connectivity index (χ0v) is 4.24. The molecule has 0 aromatic carbocycles. The van der Waals surface area contributed by atoms with Gasteiger partial charge < -0.3 is 4.42 Å². The number of aromatic amines is 1. The highest BCUT2D eigenvalue weighted by Gasteiger charge is 1.85. The Labute approximate surface area is 44.8 Å². The molecule has 0 fully saturated rings. The summed E-state index contributed by atoms with van der Waals surface area (Å²) in [5, 5.41) is 0.449. The minimum Gasteiger partial charge on any atom is -0.415 e. The van der Waals surface area contributed by atoms with Crippen molar-refractivity contribution in [3.63, 3.8) is 0 Å². The third-order valence-electron chi connectivity index (χ3n) is 0.508. The third-order valence-corrected chi connectivity index (χ3v) is 0.725. The summed E-state index contributed by atoms with van der Waals surface area (Å²) >= 11 is 3.76. The molecule has 0 bridgehead atoms. The first-order chi connectivity index (χ1) is 3.29. The second-order valence-electron chi connectivity index (χ2n) is 1.03. The SMILES string of the molecule is O=c1[nH]c(S)co1. The van der Waals surface area contributed by atoms with Crippen LogP contribution in [-0.4, -0.2) is 4.98 Å². The van der Waals surface area contributed by atoms with Gasteiger partial charge >= 0.3 is 5.76 Å². The van der Waals surface area contributed by atoms with Gasteiger partial charge in [-0.1, -0.05) is 0 Å². The number of thiol groups is 1. The maximum Gasteiger partial charge on any atom is 0.417 e. The summed E-state index contributed by atoms with van der Waals surface area (Å²) in [6.45, 7) is 0. The molecule has 0 amide bonds. The summed E-state index contributed by atoms with van der Waals surface area (Å²) in [5.41, 5.74) is 0. The number of aromatic nitrogens is 1. The summed E-state index contributed by atoms with van der Waals surface area (Å²) in [5.74, 6) is -0.468. The van der Waals surface area contributed by atoms with Gasteiger partial charge in [0.25, 0.3) is 0 Å². The van der Waals surface area contributed by atoms with Gasteiger partial charge in [-0.05, 0) is 0 Å². The lowest BCUT2D eigenvalue weighted by molar-refractivity contribution is 0.514. The van der Waals surface area contributed by atoms with E-state index in [-0.39, 0.29) is 0 Å². The van der Waals surface area contributed by atoms with Crippen LogP contribution in [0.1, 0.15) is 0 Å². The summed E-state index contributed by atoms with van der Waals surface area (Å²) < 4.78 is 4.28. The maximum atomic E-state index is 10.0. The van der Waals surface area contributed by atoms with E-state index in [1.54, 1.807) is 0 Å². The van der Waals surface area contributed by atoms with Crippen LogP contribution in [0.3, 0.4) is 0 Å². The molecule has 1 heterocycles. The molecule has 3 nitrogen and oxygen atoms in total. The Morgan fingerprint density at radius 2 is 2.57 bits per heavy atom. The Hall–Kier alpha value is -0.640. The van der Waals surface area contributed by atoms with Crippen molar-refractivity contribution in [1.29, 1.82) is 0 Å². The second kappa shape index (κ2) is 1.46. The van der Waals surface area contributed by atoms with Crippen LogP contribution in [-0.2, 0) is 0 Å². The predicted octanol–water partition coefficient (Wildman–Crippen LogP) is 0.257. The van der Waals surface area contributed by atoms with Crippen LogP contribution in [0.15, 0.2) is 20.5 Å². The molecule has 7 heavy (non-hydrogen) atoms. The third kappa shape index (κ3) is 0.866. The molecule has 0 unspecified atom stereocenters. The lowest BCUT2D eigenvalue weighted by atomic mass is 11.0. The van der Waals surface area contributed by atoms with Gasteiger partial charge in [0.15, 0.2) is 0 Å². The Morgan fingerprint density at radius 1 is 1.86 bits per heavy atom. The van der Waals surface area contributed by atoms with Crippen LogP contribution in [0.25, 0.3) is 0 Å². The standard InChI is InChI=1S/C3H3NO2S/c5-3-4-2(7)1-6-3/h1,7H,(H,4,5). The number of nitrogens with one attached hydrogen (secondary N) is 1. The van der Waals surface area contributed by atoms with E-state index < -0.39 is 5.76 Å². The lowest BCUT2D eigenvalue weighted by Gasteiger charge is -1.63. The average molecular weight is 117 g/mol. The number of oxazole rings is 1. The number of hydrogen-bond donors (Lipinski definition) is 2.